The van der Waals surface area contributed by atoms with Crippen LogP contribution in [-0.4, -0.2) is 17.4 Å². The molecular formula is C21H17Cl2F3N4O2. The quantitative estimate of drug-likeness (QED) is 0.370. The number of hydrogen-bond donors (Lipinski definition) is 2. The number of nitrogens with one attached hydrogen (secondary N) is 2. The van der Waals surface area contributed by atoms with Crippen LogP contribution in [0.3, 0.4) is 0 Å². The number of carbonyl (C=O) groups is 1. The highest BCUT2D eigenvalue weighted by molar-refractivity contribution is 6.31. The molecule has 0 unspecified atom stereocenters. The van der Waals surface area contributed by atoms with Crippen LogP contribution in [0, 0.1) is 11.0 Å². The third kappa shape index (κ3) is 5.80. The van der Waals surface area contributed by atoms with Crippen molar-refractivity contribution in [3.8, 4) is 0 Å². The molecule has 1 aromatic carbocycles. The van der Waals surface area contributed by atoms with E-state index in [1.165, 1.54) is 12.1 Å². The van der Waals surface area contributed by atoms with Crippen LogP contribution in [0.2, 0.25) is 10.0 Å². The molecule has 0 aliphatic rings. The highest BCUT2D eigenvalue weighted by Gasteiger charge is 2.39. The van der Waals surface area contributed by atoms with Gasteiger partial charge in [-0.25, -0.2) is 9.37 Å². The molecule has 0 aliphatic carbocycles. The van der Waals surface area contributed by atoms with Crippen LogP contribution in [0.5, 0.6) is 0 Å². The topological polar surface area (TPSA) is 81.0 Å². The van der Waals surface area contributed by atoms with Crippen molar-refractivity contribution in [3.63, 3.8) is 0 Å². The minimum Gasteiger partial charge on any atom is -0.618 e. The van der Waals surface area contributed by atoms with Crippen molar-refractivity contribution < 1.29 is 22.7 Å². The van der Waals surface area contributed by atoms with Gasteiger partial charge in [0.05, 0.1) is 18.0 Å². The number of anilines is 1. The molecule has 1 amide bonds. The maximum Gasteiger partial charge on any atom is 0.347 e. The van der Waals surface area contributed by atoms with Gasteiger partial charge in [-0.3, -0.25) is 4.79 Å². The van der Waals surface area contributed by atoms with Crippen molar-refractivity contribution in [1.82, 2.24) is 10.3 Å². The fourth-order valence-electron chi connectivity index (χ4n) is 2.86. The predicted molar refractivity (Wildman–Crippen MR) is 114 cm³/mol. The lowest BCUT2D eigenvalue weighted by Crippen LogP contribution is -2.41. The number of benzene rings is 1. The molecule has 11 heteroatoms. The summed E-state index contributed by atoms with van der Waals surface area (Å²) in [5.41, 5.74) is -0.259. The first-order valence-electron chi connectivity index (χ1n) is 9.32. The molecule has 0 spiro atoms. The van der Waals surface area contributed by atoms with E-state index in [2.05, 4.69) is 15.6 Å². The number of hydrogen-bond acceptors (Lipinski definition) is 4. The zero-order valence-corrected chi connectivity index (χ0v) is 17.9. The number of amides is 1. The molecule has 3 aromatic rings. The molecule has 0 radical (unpaired) electrons. The Morgan fingerprint density at radius 2 is 1.97 bits per heavy atom. The molecule has 0 saturated heterocycles. The van der Waals surface area contributed by atoms with Gasteiger partial charge in [0.2, 0.25) is 5.91 Å². The molecule has 0 atom stereocenters. The largest absolute Gasteiger partial charge is 0.618 e. The van der Waals surface area contributed by atoms with Gasteiger partial charge in [-0.05, 0) is 23.8 Å². The summed E-state index contributed by atoms with van der Waals surface area (Å²) < 4.78 is 43.6. The van der Waals surface area contributed by atoms with Crippen molar-refractivity contribution >= 4 is 34.9 Å². The van der Waals surface area contributed by atoms with E-state index < -0.39 is 42.1 Å². The lowest BCUT2D eigenvalue weighted by atomic mass is 10.1. The Bertz CT molecular complexity index is 1130. The van der Waals surface area contributed by atoms with Gasteiger partial charge in [-0.1, -0.05) is 35.3 Å². The van der Waals surface area contributed by atoms with E-state index in [4.69, 9.17) is 23.2 Å². The summed E-state index contributed by atoms with van der Waals surface area (Å²) in [4.78, 5) is 15.9. The van der Waals surface area contributed by atoms with Crippen LogP contribution < -0.4 is 15.4 Å². The molecule has 0 aliphatic heterocycles. The molecule has 168 valence electrons. The van der Waals surface area contributed by atoms with Crippen molar-refractivity contribution in [2.75, 3.05) is 11.9 Å². The highest BCUT2D eigenvalue weighted by atomic mass is 35.5. The first kappa shape index (κ1) is 23.6. The Hall–Kier alpha value is -3.04. The molecule has 2 heterocycles. The summed E-state index contributed by atoms with van der Waals surface area (Å²) in [5.74, 6) is -5.69. The van der Waals surface area contributed by atoms with Crippen LogP contribution in [0.25, 0.3) is 0 Å². The molecular weight excluding hydrogens is 468 g/mol. The van der Waals surface area contributed by atoms with Gasteiger partial charge in [0.1, 0.15) is 0 Å². The standard InChI is InChI=1S/C21H17Cl2F3N4O2/c22-14-5-3-4-13(8-14)10-27-18(31)9-15-16(23)11-28-20(19(15)24)29-12-21(25,26)17-6-1-2-7-30(17)32/h1-8,11H,9-10,12H2,(H,27,31)(H,28,29). The van der Waals surface area contributed by atoms with E-state index in [1.807, 2.05) is 0 Å². The molecule has 0 saturated carbocycles. The second-order valence-electron chi connectivity index (χ2n) is 6.80. The molecule has 2 N–H and O–H groups in total. The predicted octanol–water partition coefficient (Wildman–Crippen LogP) is 4.22. The molecule has 32 heavy (non-hydrogen) atoms. The lowest BCUT2D eigenvalue weighted by Gasteiger charge is -2.17. The number of aromatic nitrogens is 2. The second-order valence-corrected chi connectivity index (χ2v) is 7.64. The van der Waals surface area contributed by atoms with Gasteiger partial charge in [0.15, 0.2) is 17.8 Å². The Morgan fingerprint density at radius 1 is 1.19 bits per heavy atom. The Morgan fingerprint density at radius 3 is 2.69 bits per heavy atom. The number of alkyl halides is 2. The van der Waals surface area contributed by atoms with Crippen LogP contribution in [0.1, 0.15) is 16.8 Å². The van der Waals surface area contributed by atoms with E-state index in [-0.39, 0.29) is 21.9 Å². The molecule has 0 fully saturated rings. The second kappa shape index (κ2) is 10.1. The zero-order valence-electron chi connectivity index (χ0n) is 16.4. The molecule has 2 aromatic heterocycles. The van der Waals surface area contributed by atoms with Crippen LogP contribution >= 0.6 is 23.2 Å². The van der Waals surface area contributed by atoms with Gasteiger partial charge < -0.3 is 15.8 Å². The van der Waals surface area contributed by atoms with Gasteiger partial charge in [0, 0.05) is 35.5 Å². The van der Waals surface area contributed by atoms with E-state index in [1.54, 1.807) is 24.3 Å². The number of rotatable bonds is 8. The summed E-state index contributed by atoms with van der Waals surface area (Å²) in [5, 5.41) is 16.8. The van der Waals surface area contributed by atoms with E-state index in [0.29, 0.717) is 5.02 Å². The smallest absolute Gasteiger partial charge is 0.347 e. The third-order valence-electron chi connectivity index (χ3n) is 4.46. The maximum atomic E-state index is 14.8. The molecule has 3 rings (SSSR count). The Kier molecular flexibility index (Phi) is 7.42. The van der Waals surface area contributed by atoms with Gasteiger partial charge in [-0.2, -0.15) is 13.5 Å². The maximum absolute atomic E-state index is 14.8. The molecule has 0 bridgehead atoms. The van der Waals surface area contributed by atoms with Crippen LogP contribution in [0.4, 0.5) is 19.0 Å². The van der Waals surface area contributed by atoms with Crippen LogP contribution in [0.15, 0.2) is 54.9 Å². The highest BCUT2D eigenvalue weighted by Crippen LogP contribution is 2.28. The minimum atomic E-state index is -3.61. The lowest BCUT2D eigenvalue weighted by molar-refractivity contribution is -0.624. The SMILES string of the molecule is O=C(Cc1c(Cl)cnc(NCC(F)(F)c2cccc[n+]2[O-])c1F)NCc1cccc(Cl)c1. The van der Waals surface area contributed by atoms with Crippen molar-refractivity contribution in [2.24, 2.45) is 0 Å². The van der Waals surface area contributed by atoms with Gasteiger partial charge in [0.25, 0.3) is 5.69 Å². The van der Waals surface area contributed by atoms with Gasteiger partial charge in [-0.15, -0.1) is 0 Å². The fraction of sp³-hybridized carbons (Fsp3) is 0.190. The number of pyridine rings is 2. The zero-order chi connectivity index (χ0) is 23.3. The third-order valence-corrected chi connectivity index (χ3v) is 5.02. The number of carbonyl (C=O) groups excluding carboxylic acids is 1. The minimum absolute atomic E-state index is 0.0308. The summed E-state index contributed by atoms with van der Waals surface area (Å²) in [7, 11) is 0. The monoisotopic (exact) mass is 484 g/mol. The summed E-state index contributed by atoms with van der Waals surface area (Å²) >= 11 is 11.9. The van der Waals surface area contributed by atoms with E-state index in [9.17, 15) is 23.2 Å². The number of halogens is 5. The van der Waals surface area contributed by atoms with Crippen LogP contribution in [-0.2, 0) is 23.7 Å². The molecule has 6 nitrogen and oxygen atoms in total. The van der Waals surface area contributed by atoms with E-state index in [0.717, 1.165) is 24.0 Å². The fourth-order valence-corrected chi connectivity index (χ4v) is 3.27. The summed E-state index contributed by atoms with van der Waals surface area (Å²) in [6.45, 7) is -0.932. The van der Waals surface area contributed by atoms with Crippen molar-refractivity contribution in [3.05, 3.63) is 92.7 Å². The van der Waals surface area contributed by atoms with Crippen molar-refractivity contribution in [2.45, 2.75) is 18.9 Å². The number of nitrogens with zero attached hydrogens (tertiary/aromatic N) is 2. The average molecular weight is 485 g/mol. The first-order valence-corrected chi connectivity index (χ1v) is 10.1. The van der Waals surface area contributed by atoms with Gasteiger partial charge >= 0.3 is 5.92 Å². The Balaban J connectivity index is 1.68. The normalized spacial score (nSPS) is 11.3. The van der Waals surface area contributed by atoms with E-state index >= 15 is 0 Å². The Labute approximate surface area is 191 Å². The van der Waals surface area contributed by atoms with Crippen molar-refractivity contribution in [1.29, 1.82) is 0 Å². The summed E-state index contributed by atoms with van der Waals surface area (Å²) in [6.07, 6.45) is 1.56. The first-order chi connectivity index (χ1) is 15.2. The average Bonchev–Trinajstić information content (AvgIpc) is 2.75. The summed E-state index contributed by atoms with van der Waals surface area (Å²) in [6, 6.07) is 10.4.